The van der Waals surface area contributed by atoms with Gasteiger partial charge in [0.15, 0.2) is 0 Å². The van der Waals surface area contributed by atoms with Crippen LogP contribution < -0.4 is 5.32 Å². The first kappa shape index (κ1) is 13.9. The Kier molecular flexibility index (Phi) is 3.91. The van der Waals surface area contributed by atoms with Gasteiger partial charge in [0.25, 0.3) is 0 Å². The fourth-order valence-electron chi connectivity index (χ4n) is 1.94. The number of amides is 1. The van der Waals surface area contributed by atoms with Crippen LogP contribution >= 0.6 is 0 Å². The number of carbonyl (C=O) groups excluding carboxylic acids is 1. The summed E-state index contributed by atoms with van der Waals surface area (Å²) in [7, 11) is 0. The number of nitrogens with one attached hydrogen (secondary N) is 1. The van der Waals surface area contributed by atoms with Crippen molar-refractivity contribution in [3.8, 4) is 11.4 Å². The summed E-state index contributed by atoms with van der Waals surface area (Å²) in [6, 6.07) is 12.8. The Labute approximate surface area is 125 Å². The SMILES string of the molecule is O=C(Cc1ccc(F)cc1)Nc1cc(-c2ccccn2)no1. The van der Waals surface area contributed by atoms with Crippen LogP contribution in [0.2, 0.25) is 0 Å². The third kappa shape index (κ3) is 3.35. The van der Waals surface area contributed by atoms with Crippen LogP contribution in [0.15, 0.2) is 59.3 Å². The van der Waals surface area contributed by atoms with Gasteiger partial charge >= 0.3 is 0 Å². The molecule has 0 spiro atoms. The molecule has 0 bridgehead atoms. The molecule has 0 unspecified atom stereocenters. The number of anilines is 1. The van der Waals surface area contributed by atoms with E-state index in [1.165, 1.54) is 12.1 Å². The highest BCUT2D eigenvalue weighted by Crippen LogP contribution is 2.19. The number of hydrogen-bond acceptors (Lipinski definition) is 4. The average molecular weight is 297 g/mol. The van der Waals surface area contributed by atoms with Gasteiger partial charge in [0.1, 0.15) is 11.5 Å². The number of carbonyl (C=O) groups is 1. The van der Waals surface area contributed by atoms with Crippen LogP contribution in [0.1, 0.15) is 5.56 Å². The summed E-state index contributed by atoms with van der Waals surface area (Å²) in [4.78, 5) is 16.1. The highest BCUT2D eigenvalue weighted by Gasteiger charge is 2.10. The summed E-state index contributed by atoms with van der Waals surface area (Å²) in [5.41, 5.74) is 1.91. The molecule has 0 saturated carbocycles. The average Bonchev–Trinajstić information content (AvgIpc) is 2.99. The van der Waals surface area contributed by atoms with E-state index in [0.29, 0.717) is 17.0 Å². The lowest BCUT2D eigenvalue weighted by Crippen LogP contribution is -2.13. The predicted molar refractivity (Wildman–Crippen MR) is 78.5 cm³/mol. The first-order valence-corrected chi connectivity index (χ1v) is 6.63. The van der Waals surface area contributed by atoms with E-state index >= 15 is 0 Å². The number of rotatable bonds is 4. The third-order valence-corrected chi connectivity index (χ3v) is 2.98. The number of benzene rings is 1. The molecule has 0 atom stereocenters. The molecule has 5 nitrogen and oxygen atoms in total. The van der Waals surface area contributed by atoms with E-state index < -0.39 is 0 Å². The Bertz CT molecular complexity index is 770. The van der Waals surface area contributed by atoms with Gasteiger partial charge in [-0.05, 0) is 29.8 Å². The van der Waals surface area contributed by atoms with Gasteiger partial charge in [0, 0.05) is 12.3 Å². The third-order valence-electron chi connectivity index (χ3n) is 2.98. The maximum absolute atomic E-state index is 12.8. The minimum atomic E-state index is -0.334. The van der Waals surface area contributed by atoms with Crippen LogP contribution in [0.4, 0.5) is 10.3 Å². The Balaban J connectivity index is 1.65. The van der Waals surface area contributed by atoms with E-state index in [4.69, 9.17) is 4.52 Å². The normalized spacial score (nSPS) is 10.4. The largest absolute Gasteiger partial charge is 0.338 e. The fourth-order valence-corrected chi connectivity index (χ4v) is 1.94. The molecule has 110 valence electrons. The molecule has 2 heterocycles. The summed E-state index contributed by atoms with van der Waals surface area (Å²) < 4.78 is 17.9. The maximum atomic E-state index is 12.8. The van der Waals surface area contributed by atoms with Gasteiger partial charge in [-0.15, -0.1) is 0 Å². The van der Waals surface area contributed by atoms with Crippen molar-refractivity contribution in [1.82, 2.24) is 10.1 Å². The van der Waals surface area contributed by atoms with Crippen LogP contribution in [-0.4, -0.2) is 16.0 Å². The van der Waals surface area contributed by atoms with Crippen molar-refractivity contribution >= 4 is 11.8 Å². The molecular weight excluding hydrogens is 285 g/mol. The first-order chi connectivity index (χ1) is 10.7. The molecule has 6 heteroatoms. The Morgan fingerprint density at radius 2 is 1.95 bits per heavy atom. The van der Waals surface area contributed by atoms with Crippen molar-refractivity contribution in [2.75, 3.05) is 5.32 Å². The quantitative estimate of drug-likeness (QED) is 0.803. The second-order valence-electron chi connectivity index (χ2n) is 4.64. The second kappa shape index (κ2) is 6.17. The van der Waals surface area contributed by atoms with Crippen LogP contribution in [0.3, 0.4) is 0 Å². The van der Waals surface area contributed by atoms with E-state index in [2.05, 4.69) is 15.5 Å². The number of aromatic nitrogens is 2. The van der Waals surface area contributed by atoms with Crippen LogP contribution in [0.5, 0.6) is 0 Å². The molecule has 1 N–H and O–H groups in total. The summed E-state index contributed by atoms with van der Waals surface area (Å²) >= 11 is 0. The molecule has 0 aliphatic heterocycles. The minimum absolute atomic E-state index is 0.125. The number of pyridine rings is 1. The molecule has 0 aliphatic carbocycles. The summed E-state index contributed by atoms with van der Waals surface area (Å²) in [6.45, 7) is 0. The van der Waals surface area contributed by atoms with Gasteiger partial charge in [-0.1, -0.05) is 23.4 Å². The van der Waals surface area contributed by atoms with Gasteiger partial charge in [-0.25, -0.2) is 4.39 Å². The monoisotopic (exact) mass is 297 g/mol. The maximum Gasteiger partial charge on any atom is 0.231 e. The molecule has 0 aliphatic rings. The molecule has 3 rings (SSSR count). The Morgan fingerprint density at radius 3 is 2.68 bits per heavy atom. The highest BCUT2D eigenvalue weighted by atomic mass is 19.1. The van der Waals surface area contributed by atoms with Crippen molar-refractivity contribution in [1.29, 1.82) is 0 Å². The van der Waals surface area contributed by atoms with Crippen LogP contribution in [0.25, 0.3) is 11.4 Å². The molecule has 2 aromatic heterocycles. The zero-order valence-electron chi connectivity index (χ0n) is 11.5. The Morgan fingerprint density at radius 1 is 1.14 bits per heavy atom. The molecule has 0 radical (unpaired) electrons. The van der Waals surface area contributed by atoms with Crippen molar-refractivity contribution in [3.05, 3.63) is 66.1 Å². The summed E-state index contributed by atoms with van der Waals surface area (Å²) in [5, 5.41) is 6.46. The van der Waals surface area contributed by atoms with Gasteiger partial charge in [-0.2, -0.15) is 0 Å². The fraction of sp³-hybridized carbons (Fsp3) is 0.0625. The minimum Gasteiger partial charge on any atom is -0.338 e. The van der Waals surface area contributed by atoms with Crippen molar-refractivity contribution in [2.24, 2.45) is 0 Å². The zero-order valence-corrected chi connectivity index (χ0v) is 11.5. The standard InChI is InChI=1S/C16H12FN3O2/c17-12-6-4-11(5-7-12)9-15(21)19-16-10-14(20-22-16)13-3-1-2-8-18-13/h1-8,10H,9H2,(H,19,21). The van der Waals surface area contributed by atoms with Gasteiger partial charge in [-0.3, -0.25) is 15.1 Å². The van der Waals surface area contributed by atoms with Crippen LogP contribution in [-0.2, 0) is 11.2 Å². The molecular formula is C16H12FN3O2. The van der Waals surface area contributed by atoms with E-state index in [9.17, 15) is 9.18 Å². The van der Waals surface area contributed by atoms with Crippen molar-refractivity contribution in [3.63, 3.8) is 0 Å². The first-order valence-electron chi connectivity index (χ1n) is 6.63. The molecule has 22 heavy (non-hydrogen) atoms. The number of halogens is 1. The van der Waals surface area contributed by atoms with Crippen molar-refractivity contribution in [2.45, 2.75) is 6.42 Å². The second-order valence-corrected chi connectivity index (χ2v) is 4.64. The van der Waals surface area contributed by atoms with Crippen LogP contribution in [0, 0.1) is 5.82 Å². The van der Waals surface area contributed by atoms with E-state index in [-0.39, 0.29) is 24.0 Å². The molecule has 1 amide bonds. The predicted octanol–water partition coefficient (Wildman–Crippen LogP) is 3.06. The van der Waals surface area contributed by atoms with Gasteiger partial charge in [0.2, 0.25) is 11.8 Å². The van der Waals surface area contributed by atoms with E-state index in [1.54, 1.807) is 36.5 Å². The molecule has 3 aromatic rings. The lowest BCUT2D eigenvalue weighted by atomic mass is 10.1. The zero-order chi connectivity index (χ0) is 15.4. The number of hydrogen-bond donors (Lipinski definition) is 1. The topological polar surface area (TPSA) is 68.0 Å². The summed E-state index contributed by atoms with van der Waals surface area (Å²) in [6.07, 6.45) is 1.77. The molecule has 0 saturated heterocycles. The lowest BCUT2D eigenvalue weighted by molar-refractivity contribution is -0.115. The highest BCUT2D eigenvalue weighted by molar-refractivity contribution is 5.91. The molecule has 0 fully saturated rings. The summed E-state index contributed by atoms with van der Waals surface area (Å²) in [5.74, 6) is -0.359. The molecule has 1 aromatic carbocycles. The smallest absolute Gasteiger partial charge is 0.231 e. The van der Waals surface area contributed by atoms with E-state index in [0.717, 1.165) is 0 Å². The van der Waals surface area contributed by atoms with E-state index in [1.807, 2.05) is 6.07 Å². The number of nitrogens with zero attached hydrogens (tertiary/aromatic N) is 2. The van der Waals surface area contributed by atoms with Gasteiger partial charge < -0.3 is 4.52 Å². The Hall–Kier alpha value is -3.02. The lowest BCUT2D eigenvalue weighted by Gasteiger charge is -2.01. The van der Waals surface area contributed by atoms with Crippen molar-refractivity contribution < 1.29 is 13.7 Å². The van der Waals surface area contributed by atoms with Gasteiger partial charge in [0.05, 0.1) is 12.1 Å².